The molecule has 0 fully saturated rings. The molecule has 158 valence electrons. The summed E-state index contributed by atoms with van der Waals surface area (Å²) in [6, 6.07) is 12.9. The monoisotopic (exact) mass is 448 g/mol. The standard InChI is InChI=1S/C20H21ClN4O4S/c1-14(27)24(22-12-15-6-3-4-7-16(15)21)10-11-29-25(13-26)20-23-19-17(28-2)8-5-9-18(19)30-20/h3-9,13,22H,10-12H2,1-2H3. The zero-order valence-electron chi connectivity index (χ0n) is 16.5. The molecule has 0 radical (unpaired) electrons. The summed E-state index contributed by atoms with van der Waals surface area (Å²) in [6.45, 7) is 2.13. The lowest BCUT2D eigenvalue weighted by Crippen LogP contribution is -2.44. The van der Waals surface area contributed by atoms with Crippen LogP contribution in [0.4, 0.5) is 5.13 Å². The number of ether oxygens (including phenoxy) is 1. The highest BCUT2D eigenvalue weighted by Crippen LogP contribution is 2.33. The normalized spacial score (nSPS) is 10.8. The molecule has 0 aliphatic rings. The number of anilines is 1. The fourth-order valence-corrected chi connectivity index (χ4v) is 3.81. The molecule has 30 heavy (non-hydrogen) atoms. The van der Waals surface area contributed by atoms with E-state index in [1.807, 2.05) is 30.3 Å². The molecule has 8 nitrogen and oxygen atoms in total. The largest absolute Gasteiger partial charge is 0.494 e. The van der Waals surface area contributed by atoms with Gasteiger partial charge >= 0.3 is 0 Å². The summed E-state index contributed by atoms with van der Waals surface area (Å²) in [6.07, 6.45) is 0.541. The van der Waals surface area contributed by atoms with Crippen LogP contribution in [0.2, 0.25) is 5.02 Å². The van der Waals surface area contributed by atoms with Crippen molar-refractivity contribution in [3.05, 3.63) is 53.1 Å². The number of hydrogen-bond acceptors (Lipinski definition) is 7. The number of benzene rings is 2. The maximum atomic E-state index is 11.9. The van der Waals surface area contributed by atoms with Crippen LogP contribution in [0.1, 0.15) is 12.5 Å². The molecule has 0 bridgehead atoms. The summed E-state index contributed by atoms with van der Waals surface area (Å²) in [5.74, 6) is 0.431. The summed E-state index contributed by atoms with van der Waals surface area (Å²) in [5.41, 5.74) is 4.55. The molecule has 10 heteroatoms. The topological polar surface area (TPSA) is 84.0 Å². The Morgan fingerprint density at radius 3 is 2.77 bits per heavy atom. The minimum atomic E-state index is -0.187. The summed E-state index contributed by atoms with van der Waals surface area (Å²) in [4.78, 5) is 33.4. The Bertz CT molecular complexity index is 1030. The van der Waals surface area contributed by atoms with Gasteiger partial charge < -0.3 is 4.74 Å². The highest BCUT2D eigenvalue weighted by molar-refractivity contribution is 7.22. The van der Waals surface area contributed by atoms with E-state index in [4.69, 9.17) is 21.2 Å². The van der Waals surface area contributed by atoms with Crippen molar-refractivity contribution in [1.29, 1.82) is 0 Å². The number of hydroxylamine groups is 1. The van der Waals surface area contributed by atoms with Gasteiger partial charge in [-0.15, -0.1) is 0 Å². The lowest BCUT2D eigenvalue weighted by Gasteiger charge is -2.23. The van der Waals surface area contributed by atoms with Crippen LogP contribution in [0, 0.1) is 0 Å². The minimum Gasteiger partial charge on any atom is -0.494 e. The second-order valence-electron chi connectivity index (χ2n) is 6.16. The number of aromatic nitrogens is 1. The van der Waals surface area contributed by atoms with Crippen molar-refractivity contribution in [3.8, 4) is 5.75 Å². The molecule has 3 aromatic rings. The second kappa shape index (κ2) is 10.4. The van der Waals surface area contributed by atoms with Crippen LogP contribution >= 0.6 is 22.9 Å². The molecule has 3 rings (SSSR count). The van der Waals surface area contributed by atoms with E-state index >= 15 is 0 Å². The Morgan fingerprint density at radius 1 is 1.27 bits per heavy atom. The summed E-state index contributed by atoms with van der Waals surface area (Å²) in [5, 5.41) is 3.45. The van der Waals surface area contributed by atoms with E-state index in [1.54, 1.807) is 19.2 Å². The first-order valence-electron chi connectivity index (χ1n) is 9.09. The van der Waals surface area contributed by atoms with E-state index in [2.05, 4.69) is 10.4 Å². The predicted molar refractivity (Wildman–Crippen MR) is 116 cm³/mol. The number of methoxy groups -OCH3 is 1. The first-order chi connectivity index (χ1) is 14.5. The fourth-order valence-electron chi connectivity index (χ4n) is 2.70. The number of hydrazine groups is 1. The van der Waals surface area contributed by atoms with Gasteiger partial charge in [-0.25, -0.2) is 10.4 Å². The van der Waals surface area contributed by atoms with E-state index in [1.165, 1.54) is 23.3 Å². The molecule has 0 aliphatic heterocycles. The number of carbonyl (C=O) groups is 2. The molecule has 0 spiro atoms. The van der Waals surface area contributed by atoms with Gasteiger partial charge in [0, 0.05) is 18.5 Å². The van der Waals surface area contributed by atoms with Crippen LogP contribution in [0.25, 0.3) is 10.2 Å². The molecule has 1 aromatic heterocycles. The average molecular weight is 449 g/mol. The van der Waals surface area contributed by atoms with Gasteiger partial charge in [-0.2, -0.15) is 5.06 Å². The number of hydrogen-bond donors (Lipinski definition) is 1. The summed E-state index contributed by atoms with van der Waals surface area (Å²) in [7, 11) is 1.56. The van der Waals surface area contributed by atoms with Crippen molar-refractivity contribution in [2.75, 3.05) is 25.3 Å². The highest BCUT2D eigenvalue weighted by Gasteiger charge is 2.16. The van der Waals surface area contributed by atoms with Crippen molar-refractivity contribution in [1.82, 2.24) is 15.4 Å². The first kappa shape index (κ1) is 22.0. The third-order valence-electron chi connectivity index (χ3n) is 4.22. The Kier molecular flexibility index (Phi) is 7.58. The quantitative estimate of drug-likeness (QED) is 0.378. The molecular weight excluding hydrogens is 428 g/mol. The van der Waals surface area contributed by atoms with Crippen LogP contribution in [0.3, 0.4) is 0 Å². The van der Waals surface area contributed by atoms with Crippen LogP contribution in [-0.4, -0.2) is 42.6 Å². The Labute approximate surface area is 182 Å². The summed E-state index contributed by atoms with van der Waals surface area (Å²) >= 11 is 7.45. The Hall–Kier alpha value is -2.72. The molecular formula is C20H21ClN4O4S. The molecule has 0 saturated heterocycles. The van der Waals surface area contributed by atoms with Crippen LogP contribution < -0.4 is 15.2 Å². The molecule has 1 heterocycles. The lowest BCUT2D eigenvalue weighted by molar-refractivity contribution is -0.133. The van der Waals surface area contributed by atoms with Crippen molar-refractivity contribution >= 4 is 50.6 Å². The van der Waals surface area contributed by atoms with Gasteiger partial charge in [0.25, 0.3) is 0 Å². The third kappa shape index (κ3) is 5.25. The molecule has 0 aliphatic carbocycles. The Morgan fingerprint density at radius 2 is 2.07 bits per heavy atom. The second-order valence-corrected chi connectivity index (χ2v) is 7.58. The van der Waals surface area contributed by atoms with Crippen LogP contribution in [-0.2, 0) is 21.0 Å². The van der Waals surface area contributed by atoms with Gasteiger partial charge in [0.1, 0.15) is 11.3 Å². The van der Waals surface area contributed by atoms with Gasteiger partial charge in [-0.05, 0) is 23.8 Å². The molecule has 0 saturated carbocycles. The van der Waals surface area contributed by atoms with E-state index in [-0.39, 0.29) is 19.1 Å². The van der Waals surface area contributed by atoms with E-state index in [0.717, 1.165) is 15.3 Å². The van der Waals surface area contributed by atoms with Crippen molar-refractivity contribution in [2.45, 2.75) is 13.5 Å². The van der Waals surface area contributed by atoms with Crippen LogP contribution in [0.5, 0.6) is 5.75 Å². The number of nitrogens with zero attached hydrogens (tertiary/aromatic N) is 3. The van der Waals surface area contributed by atoms with Crippen LogP contribution in [0.15, 0.2) is 42.5 Å². The van der Waals surface area contributed by atoms with Gasteiger partial charge in [-0.1, -0.05) is 47.2 Å². The van der Waals surface area contributed by atoms with Gasteiger partial charge in [0.2, 0.25) is 17.4 Å². The SMILES string of the molecule is COc1cccc2sc(N(C=O)OCCN(NCc3ccccc3Cl)C(C)=O)nc12. The Balaban J connectivity index is 1.60. The lowest BCUT2D eigenvalue weighted by atomic mass is 10.2. The zero-order valence-corrected chi connectivity index (χ0v) is 18.1. The fraction of sp³-hybridized carbons (Fsp3) is 0.250. The van der Waals surface area contributed by atoms with Crippen molar-refractivity contribution < 1.29 is 19.2 Å². The van der Waals surface area contributed by atoms with E-state index < -0.39 is 0 Å². The number of thiazole rings is 1. The van der Waals surface area contributed by atoms with Gasteiger partial charge in [0.15, 0.2) is 0 Å². The van der Waals surface area contributed by atoms with E-state index in [9.17, 15) is 9.59 Å². The van der Waals surface area contributed by atoms with E-state index in [0.29, 0.717) is 34.4 Å². The highest BCUT2D eigenvalue weighted by atomic mass is 35.5. The summed E-state index contributed by atoms with van der Waals surface area (Å²) < 4.78 is 6.17. The minimum absolute atomic E-state index is 0.0842. The van der Waals surface area contributed by atoms with Crippen molar-refractivity contribution in [2.24, 2.45) is 0 Å². The molecule has 2 aromatic carbocycles. The molecule has 2 amide bonds. The number of rotatable bonds is 10. The van der Waals surface area contributed by atoms with Crippen molar-refractivity contribution in [3.63, 3.8) is 0 Å². The molecule has 0 unspecified atom stereocenters. The average Bonchev–Trinajstić information content (AvgIpc) is 3.18. The number of halogens is 1. The molecule has 0 atom stereocenters. The predicted octanol–water partition coefficient (Wildman–Crippen LogP) is 3.41. The first-order valence-corrected chi connectivity index (χ1v) is 10.3. The van der Waals surface area contributed by atoms with Gasteiger partial charge in [-0.3, -0.25) is 19.4 Å². The molecule has 1 N–H and O–H groups in total. The number of carbonyl (C=O) groups excluding carboxylic acids is 2. The number of amides is 2. The smallest absolute Gasteiger partial charge is 0.240 e. The number of fused-ring (bicyclic) bond motifs is 1. The zero-order chi connectivity index (χ0) is 21.5. The maximum Gasteiger partial charge on any atom is 0.240 e. The third-order valence-corrected chi connectivity index (χ3v) is 5.59. The maximum absolute atomic E-state index is 11.9. The number of nitrogens with one attached hydrogen (secondary N) is 1. The number of para-hydroxylation sites is 1. The van der Waals surface area contributed by atoms with Gasteiger partial charge in [0.05, 0.1) is 25.0 Å².